The molecule has 0 aliphatic carbocycles. The highest BCUT2D eigenvalue weighted by atomic mass is 35.5. The molecule has 2 nitrogen and oxygen atoms in total. The predicted octanol–water partition coefficient (Wildman–Crippen LogP) is 1.85. The topological polar surface area (TPSA) is 35.2 Å². The van der Waals surface area contributed by atoms with E-state index in [2.05, 4.69) is 0 Å². The highest BCUT2D eigenvalue weighted by Gasteiger charge is 2.01. The van der Waals surface area contributed by atoms with Crippen LogP contribution in [0.15, 0.2) is 18.2 Å². The number of ether oxygens (including phenoxy) is 1. The third-order valence-electron chi connectivity index (χ3n) is 1.65. The van der Waals surface area contributed by atoms with Gasteiger partial charge in [-0.1, -0.05) is 6.07 Å². The van der Waals surface area contributed by atoms with E-state index in [0.717, 1.165) is 5.56 Å². The van der Waals surface area contributed by atoms with Gasteiger partial charge in [-0.15, -0.1) is 12.4 Å². The van der Waals surface area contributed by atoms with Crippen molar-refractivity contribution in [3.8, 4) is 0 Å². The van der Waals surface area contributed by atoms with Crippen molar-refractivity contribution in [1.82, 2.24) is 0 Å². The van der Waals surface area contributed by atoms with Crippen LogP contribution in [0.3, 0.4) is 0 Å². The minimum Gasteiger partial charge on any atom is -0.380 e. The van der Waals surface area contributed by atoms with E-state index in [1.165, 1.54) is 13.2 Å². The average molecular weight is 206 g/mol. The largest absolute Gasteiger partial charge is 0.380 e. The summed E-state index contributed by atoms with van der Waals surface area (Å²) in [5.41, 5.74) is 6.88. The van der Waals surface area contributed by atoms with E-state index >= 15 is 0 Å². The van der Waals surface area contributed by atoms with Gasteiger partial charge >= 0.3 is 0 Å². The molecule has 0 spiro atoms. The minimum atomic E-state index is -0.242. The Kier molecular flexibility index (Phi) is 5.62. The quantitative estimate of drug-likeness (QED) is 0.818. The zero-order valence-corrected chi connectivity index (χ0v) is 8.23. The molecule has 0 aliphatic heterocycles. The van der Waals surface area contributed by atoms with Crippen LogP contribution in [-0.4, -0.2) is 7.11 Å². The van der Waals surface area contributed by atoms with Crippen molar-refractivity contribution < 1.29 is 9.13 Å². The monoisotopic (exact) mass is 205 g/mol. The van der Waals surface area contributed by atoms with Crippen molar-refractivity contribution in [1.29, 1.82) is 0 Å². The van der Waals surface area contributed by atoms with Crippen LogP contribution in [0, 0.1) is 5.82 Å². The van der Waals surface area contributed by atoms with Gasteiger partial charge in [-0.3, -0.25) is 0 Å². The molecule has 0 saturated heterocycles. The van der Waals surface area contributed by atoms with Gasteiger partial charge < -0.3 is 10.5 Å². The van der Waals surface area contributed by atoms with Crippen LogP contribution < -0.4 is 5.73 Å². The molecule has 13 heavy (non-hydrogen) atoms. The number of halogens is 2. The van der Waals surface area contributed by atoms with E-state index in [1.807, 2.05) is 0 Å². The van der Waals surface area contributed by atoms with Gasteiger partial charge in [0, 0.05) is 19.2 Å². The minimum absolute atomic E-state index is 0. The van der Waals surface area contributed by atoms with Crippen molar-refractivity contribution in [2.24, 2.45) is 5.73 Å². The first-order chi connectivity index (χ1) is 5.77. The summed E-state index contributed by atoms with van der Waals surface area (Å²) in [7, 11) is 1.54. The summed E-state index contributed by atoms with van der Waals surface area (Å²) in [6, 6.07) is 4.81. The second-order valence-electron chi connectivity index (χ2n) is 2.56. The Labute approximate surface area is 83.3 Å². The molecule has 0 saturated carbocycles. The van der Waals surface area contributed by atoms with Gasteiger partial charge in [-0.25, -0.2) is 4.39 Å². The van der Waals surface area contributed by atoms with Crippen LogP contribution in [0.2, 0.25) is 0 Å². The fourth-order valence-electron chi connectivity index (χ4n) is 1.02. The van der Waals surface area contributed by atoms with E-state index < -0.39 is 0 Å². The molecule has 2 N–H and O–H groups in total. The van der Waals surface area contributed by atoms with Crippen LogP contribution in [0.5, 0.6) is 0 Å². The number of hydrogen-bond acceptors (Lipinski definition) is 2. The highest BCUT2D eigenvalue weighted by Crippen LogP contribution is 2.10. The van der Waals surface area contributed by atoms with Gasteiger partial charge in [0.1, 0.15) is 5.82 Å². The van der Waals surface area contributed by atoms with Gasteiger partial charge in [-0.2, -0.15) is 0 Å². The predicted molar refractivity (Wildman–Crippen MR) is 52.3 cm³/mol. The second kappa shape index (κ2) is 5.91. The van der Waals surface area contributed by atoms with Crippen molar-refractivity contribution in [3.63, 3.8) is 0 Å². The van der Waals surface area contributed by atoms with Gasteiger partial charge in [0.05, 0.1) is 6.61 Å². The lowest BCUT2D eigenvalue weighted by Gasteiger charge is -2.03. The maximum absolute atomic E-state index is 13.0. The Hall–Kier alpha value is -0.640. The van der Waals surface area contributed by atoms with Crippen LogP contribution in [0.4, 0.5) is 4.39 Å². The Bertz CT molecular complexity index is 268. The molecule has 74 valence electrons. The summed E-state index contributed by atoms with van der Waals surface area (Å²) >= 11 is 0. The molecule has 0 atom stereocenters. The smallest absolute Gasteiger partial charge is 0.128 e. The van der Waals surface area contributed by atoms with Gasteiger partial charge in [0.15, 0.2) is 0 Å². The van der Waals surface area contributed by atoms with Gasteiger partial charge in [-0.05, 0) is 17.7 Å². The molecule has 0 aliphatic rings. The third-order valence-corrected chi connectivity index (χ3v) is 1.65. The fraction of sp³-hybridized carbons (Fsp3) is 0.333. The van der Waals surface area contributed by atoms with Crippen molar-refractivity contribution >= 4 is 12.4 Å². The molecule has 1 aromatic rings. The zero-order valence-electron chi connectivity index (χ0n) is 7.42. The number of hydrogen-bond donors (Lipinski definition) is 1. The van der Waals surface area contributed by atoms with E-state index in [9.17, 15) is 4.39 Å². The molecule has 0 fully saturated rings. The molecular formula is C9H13ClFNO. The summed E-state index contributed by atoms with van der Waals surface area (Å²) in [5.74, 6) is -0.242. The lowest BCUT2D eigenvalue weighted by atomic mass is 10.1. The molecule has 0 aromatic heterocycles. The number of benzene rings is 1. The Morgan fingerprint density at radius 2 is 2.15 bits per heavy atom. The summed E-state index contributed by atoms with van der Waals surface area (Å²) in [4.78, 5) is 0. The summed E-state index contributed by atoms with van der Waals surface area (Å²) in [6.07, 6.45) is 0. The molecule has 0 unspecified atom stereocenters. The van der Waals surface area contributed by atoms with E-state index in [-0.39, 0.29) is 18.2 Å². The first-order valence-electron chi connectivity index (χ1n) is 3.74. The van der Waals surface area contributed by atoms with Crippen LogP contribution >= 0.6 is 12.4 Å². The molecule has 0 bridgehead atoms. The maximum Gasteiger partial charge on any atom is 0.128 e. The van der Waals surface area contributed by atoms with Crippen LogP contribution in [0.1, 0.15) is 11.1 Å². The van der Waals surface area contributed by atoms with E-state index in [4.69, 9.17) is 10.5 Å². The first-order valence-corrected chi connectivity index (χ1v) is 3.74. The van der Waals surface area contributed by atoms with Crippen molar-refractivity contribution in [3.05, 3.63) is 35.1 Å². The standard InChI is InChI=1S/C9H12FNO.ClH/c1-12-6-8-4-7(5-11)2-3-9(8)10;/h2-4H,5-6,11H2,1H3;1H. The molecule has 0 radical (unpaired) electrons. The zero-order chi connectivity index (χ0) is 8.97. The van der Waals surface area contributed by atoms with E-state index in [1.54, 1.807) is 12.1 Å². The number of nitrogens with two attached hydrogens (primary N) is 1. The number of methoxy groups -OCH3 is 1. The van der Waals surface area contributed by atoms with Gasteiger partial charge in [0.25, 0.3) is 0 Å². The summed E-state index contributed by atoms with van der Waals surface area (Å²) in [6.45, 7) is 0.719. The summed E-state index contributed by atoms with van der Waals surface area (Å²) < 4.78 is 17.8. The molecule has 0 amide bonds. The molecule has 0 heterocycles. The molecule has 4 heteroatoms. The molecular weight excluding hydrogens is 193 g/mol. The fourth-order valence-corrected chi connectivity index (χ4v) is 1.02. The van der Waals surface area contributed by atoms with Gasteiger partial charge in [0.2, 0.25) is 0 Å². The van der Waals surface area contributed by atoms with E-state index in [0.29, 0.717) is 18.7 Å². The lowest BCUT2D eigenvalue weighted by molar-refractivity contribution is 0.181. The Balaban J connectivity index is 0.00000144. The second-order valence-corrected chi connectivity index (χ2v) is 2.56. The highest BCUT2D eigenvalue weighted by molar-refractivity contribution is 5.85. The molecule has 1 aromatic carbocycles. The van der Waals surface area contributed by atoms with Crippen LogP contribution in [-0.2, 0) is 17.9 Å². The Morgan fingerprint density at radius 3 is 2.69 bits per heavy atom. The average Bonchev–Trinajstić information content (AvgIpc) is 2.09. The van der Waals surface area contributed by atoms with Crippen LogP contribution in [0.25, 0.3) is 0 Å². The maximum atomic E-state index is 13.0. The SMILES string of the molecule is COCc1cc(CN)ccc1F.Cl. The third kappa shape index (κ3) is 3.30. The van der Waals surface area contributed by atoms with Crippen molar-refractivity contribution in [2.45, 2.75) is 13.2 Å². The first kappa shape index (κ1) is 12.4. The normalized spacial score (nSPS) is 9.46. The number of rotatable bonds is 3. The lowest BCUT2D eigenvalue weighted by Crippen LogP contribution is -1.99. The molecule has 1 rings (SSSR count). The van der Waals surface area contributed by atoms with Crippen molar-refractivity contribution in [2.75, 3.05) is 7.11 Å². The Morgan fingerprint density at radius 1 is 1.46 bits per heavy atom. The summed E-state index contributed by atoms with van der Waals surface area (Å²) in [5, 5.41) is 0.